The predicted octanol–water partition coefficient (Wildman–Crippen LogP) is 3.86. The molecule has 1 fully saturated rings. The Morgan fingerprint density at radius 1 is 1.05 bits per heavy atom. The SMILES string of the molecule is CCOc1ccc(C(O)C2(OCC)CCCCC2)cc1. The molecule has 1 aliphatic rings. The highest BCUT2D eigenvalue weighted by atomic mass is 16.5. The summed E-state index contributed by atoms with van der Waals surface area (Å²) in [7, 11) is 0. The third-order valence-electron chi connectivity index (χ3n) is 4.14. The molecule has 1 aromatic rings. The van der Waals surface area contributed by atoms with Crippen LogP contribution in [0.15, 0.2) is 24.3 Å². The van der Waals surface area contributed by atoms with Crippen LogP contribution in [0.25, 0.3) is 0 Å². The molecule has 0 bridgehead atoms. The van der Waals surface area contributed by atoms with Gasteiger partial charge in [0.2, 0.25) is 0 Å². The zero-order valence-electron chi connectivity index (χ0n) is 12.6. The van der Waals surface area contributed by atoms with Crippen LogP contribution in [-0.2, 0) is 4.74 Å². The Bertz CT molecular complexity index is 388. The predicted molar refractivity (Wildman–Crippen MR) is 80.0 cm³/mol. The summed E-state index contributed by atoms with van der Waals surface area (Å²) in [6.45, 7) is 5.27. The first-order valence-electron chi connectivity index (χ1n) is 7.76. The number of aliphatic hydroxyl groups is 1. The lowest BCUT2D eigenvalue weighted by Crippen LogP contribution is -2.41. The van der Waals surface area contributed by atoms with Gasteiger partial charge in [-0.15, -0.1) is 0 Å². The monoisotopic (exact) mass is 278 g/mol. The van der Waals surface area contributed by atoms with E-state index < -0.39 is 11.7 Å². The fraction of sp³-hybridized carbons (Fsp3) is 0.647. The van der Waals surface area contributed by atoms with E-state index in [9.17, 15) is 5.11 Å². The van der Waals surface area contributed by atoms with E-state index in [0.29, 0.717) is 13.2 Å². The normalized spacial score (nSPS) is 19.6. The third kappa shape index (κ3) is 3.33. The van der Waals surface area contributed by atoms with Crippen molar-refractivity contribution in [2.45, 2.75) is 57.7 Å². The highest BCUT2D eigenvalue weighted by Gasteiger charge is 2.40. The lowest BCUT2D eigenvalue weighted by molar-refractivity contribution is -0.141. The largest absolute Gasteiger partial charge is 0.494 e. The number of aliphatic hydroxyl groups excluding tert-OH is 1. The second-order valence-corrected chi connectivity index (χ2v) is 5.46. The van der Waals surface area contributed by atoms with Gasteiger partial charge in [-0.05, 0) is 44.4 Å². The van der Waals surface area contributed by atoms with E-state index in [-0.39, 0.29) is 0 Å². The molecule has 2 rings (SSSR count). The van der Waals surface area contributed by atoms with Crippen molar-refractivity contribution in [2.24, 2.45) is 0 Å². The highest BCUT2D eigenvalue weighted by molar-refractivity contribution is 5.30. The van der Waals surface area contributed by atoms with E-state index >= 15 is 0 Å². The van der Waals surface area contributed by atoms with Crippen molar-refractivity contribution in [3.05, 3.63) is 29.8 Å². The third-order valence-corrected chi connectivity index (χ3v) is 4.14. The molecule has 1 unspecified atom stereocenters. The average molecular weight is 278 g/mol. The van der Waals surface area contributed by atoms with Crippen LogP contribution in [-0.4, -0.2) is 23.9 Å². The molecule has 20 heavy (non-hydrogen) atoms. The van der Waals surface area contributed by atoms with Crippen molar-refractivity contribution in [3.63, 3.8) is 0 Å². The molecule has 0 saturated heterocycles. The molecular formula is C17H26O3. The summed E-state index contributed by atoms with van der Waals surface area (Å²) in [5.74, 6) is 0.845. The van der Waals surface area contributed by atoms with E-state index in [0.717, 1.165) is 37.0 Å². The van der Waals surface area contributed by atoms with Crippen LogP contribution in [0.4, 0.5) is 0 Å². The number of benzene rings is 1. The summed E-state index contributed by atoms with van der Waals surface area (Å²) in [6.07, 6.45) is 4.83. The molecule has 1 aromatic carbocycles. The van der Waals surface area contributed by atoms with Crippen LogP contribution in [0.1, 0.15) is 57.6 Å². The van der Waals surface area contributed by atoms with Gasteiger partial charge in [-0.25, -0.2) is 0 Å². The lowest BCUT2D eigenvalue weighted by atomic mass is 9.78. The van der Waals surface area contributed by atoms with Gasteiger partial charge in [0, 0.05) is 6.61 Å². The summed E-state index contributed by atoms with van der Waals surface area (Å²) >= 11 is 0. The smallest absolute Gasteiger partial charge is 0.119 e. The number of ether oxygens (including phenoxy) is 2. The lowest BCUT2D eigenvalue weighted by Gasteiger charge is -2.41. The van der Waals surface area contributed by atoms with Gasteiger partial charge in [0.25, 0.3) is 0 Å². The Kier molecular flexibility index (Phi) is 5.44. The Labute approximate surface area is 121 Å². The Morgan fingerprint density at radius 2 is 1.70 bits per heavy atom. The molecule has 0 aliphatic heterocycles. The van der Waals surface area contributed by atoms with E-state index in [4.69, 9.17) is 9.47 Å². The minimum absolute atomic E-state index is 0.403. The summed E-state index contributed by atoms with van der Waals surface area (Å²) < 4.78 is 11.4. The van der Waals surface area contributed by atoms with Crippen LogP contribution >= 0.6 is 0 Å². The highest BCUT2D eigenvalue weighted by Crippen LogP contribution is 2.41. The van der Waals surface area contributed by atoms with Crippen molar-refractivity contribution in [2.75, 3.05) is 13.2 Å². The van der Waals surface area contributed by atoms with E-state index in [1.807, 2.05) is 38.1 Å². The van der Waals surface area contributed by atoms with Gasteiger partial charge in [-0.3, -0.25) is 0 Å². The van der Waals surface area contributed by atoms with Gasteiger partial charge in [0.05, 0.1) is 12.2 Å². The summed E-state index contributed by atoms with van der Waals surface area (Å²) in [5, 5.41) is 10.8. The molecule has 0 radical (unpaired) electrons. The minimum Gasteiger partial charge on any atom is -0.494 e. The van der Waals surface area contributed by atoms with E-state index in [1.165, 1.54) is 6.42 Å². The standard InChI is InChI=1S/C17H26O3/c1-3-19-15-10-8-14(9-11-15)16(18)17(20-4-2)12-6-5-7-13-17/h8-11,16,18H,3-7,12-13H2,1-2H3. The Hall–Kier alpha value is -1.06. The van der Waals surface area contributed by atoms with Gasteiger partial charge < -0.3 is 14.6 Å². The van der Waals surface area contributed by atoms with Crippen LogP contribution in [0.3, 0.4) is 0 Å². The Morgan fingerprint density at radius 3 is 2.25 bits per heavy atom. The van der Waals surface area contributed by atoms with Crippen molar-refractivity contribution in [1.82, 2.24) is 0 Å². The van der Waals surface area contributed by atoms with Gasteiger partial charge in [-0.2, -0.15) is 0 Å². The van der Waals surface area contributed by atoms with Crippen molar-refractivity contribution in [1.29, 1.82) is 0 Å². The maximum Gasteiger partial charge on any atom is 0.119 e. The first-order chi connectivity index (χ1) is 9.72. The molecular weight excluding hydrogens is 252 g/mol. The van der Waals surface area contributed by atoms with Crippen molar-refractivity contribution >= 4 is 0 Å². The zero-order valence-corrected chi connectivity index (χ0v) is 12.6. The topological polar surface area (TPSA) is 38.7 Å². The van der Waals surface area contributed by atoms with E-state index in [1.54, 1.807) is 0 Å². The molecule has 1 N–H and O–H groups in total. The Balaban J connectivity index is 2.15. The average Bonchev–Trinajstić information content (AvgIpc) is 2.49. The maximum absolute atomic E-state index is 10.8. The zero-order chi connectivity index (χ0) is 14.4. The van der Waals surface area contributed by atoms with Crippen LogP contribution in [0, 0.1) is 0 Å². The van der Waals surface area contributed by atoms with Crippen LogP contribution in [0.2, 0.25) is 0 Å². The molecule has 0 aromatic heterocycles. The van der Waals surface area contributed by atoms with Crippen LogP contribution < -0.4 is 4.74 Å². The molecule has 0 amide bonds. The fourth-order valence-electron chi connectivity index (χ4n) is 3.15. The van der Waals surface area contributed by atoms with E-state index in [2.05, 4.69) is 0 Å². The quantitative estimate of drug-likeness (QED) is 0.858. The number of rotatable bonds is 6. The fourth-order valence-corrected chi connectivity index (χ4v) is 3.15. The molecule has 1 saturated carbocycles. The van der Waals surface area contributed by atoms with Crippen LogP contribution in [0.5, 0.6) is 5.75 Å². The molecule has 3 nitrogen and oxygen atoms in total. The second kappa shape index (κ2) is 7.09. The van der Waals surface area contributed by atoms with Gasteiger partial charge in [0.1, 0.15) is 11.9 Å². The molecule has 0 heterocycles. The maximum atomic E-state index is 10.8. The second-order valence-electron chi connectivity index (χ2n) is 5.46. The number of hydrogen-bond acceptors (Lipinski definition) is 3. The number of hydrogen-bond donors (Lipinski definition) is 1. The molecule has 3 heteroatoms. The van der Waals surface area contributed by atoms with Gasteiger partial charge in [-0.1, -0.05) is 31.4 Å². The summed E-state index contributed by atoms with van der Waals surface area (Å²) in [4.78, 5) is 0. The summed E-state index contributed by atoms with van der Waals surface area (Å²) in [5.41, 5.74) is 0.518. The molecule has 1 aliphatic carbocycles. The van der Waals surface area contributed by atoms with Gasteiger partial charge >= 0.3 is 0 Å². The van der Waals surface area contributed by atoms with Crippen molar-refractivity contribution in [3.8, 4) is 5.75 Å². The molecule has 0 spiro atoms. The van der Waals surface area contributed by atoms with Crippen molar-refractivity contribution < 1.29 is 14.6 Å². The molecule has 112 valence electrons. The summed E-state index contributed by atoms with van der Waals surface area (Å²) in [6, 6.07) is 7.74. The molecule has 1 atom stereocenters. The first-order valence-corrected chi connectivity index (χ1v) is 7.76. The minimum atomic E-state index is -0.557. The van der Waals surface area contributed by atoms with Gasteiger partial charge in [0.15, 0.2) is 0 Å². The first kappa shape index (κ1) is 15.3.